The lowest BCUT2D eigenvalue weighted by atomic mass is 9.81. The quantitative estimate of drug-likeness (QED) is 0.183. The number of benzene rings is 9. The van der Waals surface area contributed by atoms with Gasteiger partial charge in [-0.2, -0.15) is 0 Å². The van der Waals surface area contributed by atoms with E-state index in [-0.39, 0.29) is 5.41 Å². The van der Waals surface area contributed by atoms with Crippen LogP contribution in [0, 0.1) is 0 Å². The van der Waals surface area contributed by atoms with Crippen LogP contribution >= 0.6 is 0 Å². The summed E-state index contributed by atoms with van der Waals surface area (Å²) in [5.41, 5.74) is 12.8. The lowest BCUT2D eigenvalue weighted by Crippen LogP contribution is -2.14. The molecule has 2 heteroatoms. The van der Waals surface area contributed by atoms with Gasteiger partial charge in [0.15, 0.2) is 5.82 Å². The first-order valence-electron chi connectivity index (χ1n) is 19.1. The molecule has 0 aliphatic heterocycles. The van der Waals surface area contributed by atoms with Gasteiger partial charge >= 0.3 is 0 Å². The molecule has 258 valence electrons. The van der Waals surface area contributed by atoms with Crippen LogP contribution in [0.5, 0.6) is 0 Å². The molecular formula is C53H36N2. The van der Waals surface area contributed by atoms with Crippen molar-refractivity contribution >= 4 is 43.1 Å². The molecule has 0 saturated heterocycles. The fourth-order valence-electron chi connectivity index (χ4n) is 9.24. The molecule has 0 radical (unpaired) electrons. The number of hydrogen-bond acceptors (Lipinski definition) is 2. The predicted molar refractivity (Wildman–Crippen MR) is 231 cm³/mol. The number of aromatic nitrogens is 2. The first-order valence-corrected chi connectivity index (χ1v) is 19.1. The molecule has 10 aromatic rings. The van der Waals surface area contributed by atoms with Crippen molar-refractivity contribution in [1.29, 1.82) is 0 Å². The summed E-state index contributed by atoms with van der Waals surface area (Å²) in [7, 11) is 0. The first kappa shape index (κ1) is 31.6. The van der Waals surface area contributed by atoms with Crippen LogP contribution in [-0.2, 0) is 5.41 Å². The normalized spacial score (nSPS) is 13.1. The lowest BCUT2D eigenvalue weighted by molar-refractivity contribution is 0.661. The number of rotatable bonds is 4. The Labute approximate surface area is 320 Å². The van der Waals surface area contributed by atoms with E-state index in [0.29, 0.717) is 5.82 Å². The maximum Gasteiger partial charge on any atom is 0.161 e. The number of fused-ring (bicyclic) bond motifs is 8. The Morgan fingerprint density at radius 1 is 0.327 bits per heavy atom. The lowest BCUT2D eigenvalue weighted by Gasteiger charge is -2.22. The Balaban J connectivity index is 1.17. The number of nitrogens with zero attached hydrogens (tertiary/aromatic N) is 2. The Bertz CT molecular complexity index is 3080. The zero-order chi connectivity index (χ0) is 36.7. The van der Waals surface area contributed by atoms with E-state index < -0.39 is 0 Å². The van der Waals surface area contributed by atoms with Gasteiger partial charge in [0.25, 0.3) is 0 Å². The highest BCUT2D eigenvalue weighted by Crippen LogP contribution is 2.55. The standard InChI is InChI=1S/C53H36N2/c1-53(2)46-27-13-26-44(51(46)50-38-21-8-5-16-35(38)28-31-47(50)53)41-29-30-45(40-23-10-9-22-39(40)41)52-54-48(42-24-11-17-33-14-3-6-19-36(33)42)32-49(55-52)43-25-12-18-34-15-4-7-20-37(34)43/h3-32H,1-2H3. The molecule has 1 aromatic heterocycles. The first-order chi connectivity index (χ1) is 27.0. The largest absolute Gasteiger partial charge is 0.228 e. The van der Waals surface area contributed by atoms with Gasteiger partial charge in [-0.15, -0.1) is 0 Å². The monoisotopic (exact) mass is 700 g/mol. The van der Waals surface area contributed by atoms with E-state index in [1.807, 2.05) is 0 Å². The highest BCUT2D eigenvalue weighted by atomic mass is 14.9. The second kappa shape index (κ2) is 12.1. The van der Waals surface area contributed by atoms with Crippen LogP contribution < -0.4 is 0 Å². The summed E-state index contributed by atoms with van der Waals surface area (Å²) in [6.45, 7) is 4.73. The Kier molecular flexibility index (Phi) is 6.93. The fourth-order valence-corrected chi connectivity index (χ4v) is 9.24. The van der Waals surface area contributed by atoms with Crippen molar-refractivity contribution in [3.05, 3.63) is 193 Å². The molecule has 9 aromatic carbocycles. The summed E-state index contributed by atoms with van der Waals surface area (Å²) in [6.07, 6.45) is 0. The van der Waals surface area contributed by atoms with Gasteiger partial charge in [-0.25, -0.2) is 9.97 Å². The van der Waals surface area contributed by atoms with E-state index in [9.17, 15) is 0 Å². The van der Waals surface area contributed by atoms with E-state index in [4.69, 9.17) is 9.97 Å². The third kappa shape index (κ3) is 4.81. The molecular weight excluding hydrogens is 665 g/mol. The van der Waals surface area contributed by atoms with Crippen LogP contribution in [0.3, 0.4) is 0 Å². The van der Waals surface area contributed by atoms with Gasteiger partial charge in [-0.1, -0.05) is 184 Å². The topological polar surface area (TPSA) is 25.8 Å². The molecule has 1 aliphatic rings. The van der Waals surface area contributed by atoms with Gasteiger partial charge in [0, 0.05) is 22.1 Å². The van der Waals surface area contributed by atoms with E-state index in [1.54, 1.807) is 0 Å². The molecule has 0 amide bonds. The fraction of sp³-hybridized carbons (Fsp3) is 0.0566. The van der Waals surface area contributed by atoms with Crippen molar-refractivity contribution in [2.75, 3.05) is 0 Å². The molecule has 0 bridgehead atoms. The minimum Gasteiger partial charge on any atom is -0.228 e. The Morgan fingerprint density at radius 3 is 1.42 bits per heavy atom. The van der Waals surface area contributed by atoms with Gasteiger partial charge in [-0.3, -0.25) is 0 Å². The summed E-state index contributed by atoms with van der Waals surface area (Å²) in [5.74, 6) is 0.715. The Morgan fingerprint density at radius 2 is 0.782 bits per heavy atom. The van der Waals surface area contributed by atoms with Gasteiger partial charge in [0.05, 0.1) is 11.4 Å². The molecule has 0 saturated carbocycles. The van der Waals surface area contributed by atoms with Crippen LogP contribution in [0.2, 0.25) is 0 Å². The van der Waals surface area contributed by atoms with Gasteiger partial charge in [0.1, 0.15) is 0 Å². The summed E-state index contributed by atoms with van der Waals surface area (Å²) in [5, 5.41) is 9.62. The van der Waals surface area contributed by atoms with E-state index >= 15 is 0 Å². The van der Waals surface area contributed by atoms with Crippen LogP contribution in [-0.4, -0.2) is 9.97 Å². The molecule has 0 unspecified atom stereocenters. The van der Waals surface area contributed by atoms with E-state index in [1.165, 1.54) is 71.1 Å². The summed E-state index contributed by atoms with van der Waals surface area (Å²) in [6, 6.07) is 65.9. The highest BCUT2D eigenvalue weighted by Gasteiger charge is 2.38. The Hall–Kier alpha value is -6.90. The molecule has 1 aliphatic carbocycles. The minimum absolute atomic E-state index is 0.117. The predicted octanol–water partition coefficient (Wildman–Crippen LogP) is 14.1. The van der Waals surface area contributed by atoms with Crippen LogP contribution in [0.25, 0.3) is 99.2 Å². The molecule has 1 heterocycles. The zero-order valence-electron chi connectivity index (χ0n) is 30.7. The third-order valence-electron chi connectivity index (χ3n) is 11.9. The van der Waals surface area contributed by atoms with E-state index in [0.717, 1.165) is 33.5 Å². The van der Waals surface area contributed by atoms with Crippen molar-refractivity contribution in [2.45, 2.75) is 19.3 Å². The smallest absolute Gasteiger partial charge is 0.161 e. The second-order valence-electron chi connectivity index (χ2n) is 15.3. The van der Waals surface area contributed by atoms with Crippen molar-refractivity contribution in [2.24, 2.45) is 0 Å². The average molecular weight is 701 g/mol. The second-order valence-corrected chi connectivity index (χ2v) is 15.3. The van der Waals surface area contributed by atoms with Gasteiger partial charge in [-0.05, 0) is 88.6 Å². The maximum absolute atomic E-state index is 5.41. The van der Waals surface area contributed by atoms with Crippen molar-refractivity contribution < 1.29 is 0 Å². The maximum atomic E-state index is 5.41. The summed E-state index contributed by atoms with van der Waals surface area (Å²) >= 11 is 0. The van der Waals surface area contributed by atoms with Crippen LogP contribution in [0.1, 0.15) is 25.0 Å². The molecule has 2 nitrogen and oxygen atoms in total. The zero-order valence-corrected chi connectivity index (χ0v) is 30.7. The molecule has 0 fully saturated rings. The molecule has 55 heavy (non-hydrogen) atoms. The number of hydrogen-bond donors (Lipinski definition) is 0. The minimum atomic E-state index is -0.117. The molecule has 11 rings (SSSR count). The summed E-state index contributed by atoms with van der Waals surface area (Å²) in [4.78, 5) is 10.8. The molecule has 0 atom stereocenters. The van der Waals surface area contributed by atoms with Crippen LogP contribution in [0.15, 0.2) is 182 Å². The average Bonchev–Trinajstić information content (AvgIpc) is 3.49. The SMILES string of the molecule is CC1(C)c2cccc(-c3ccc(-c4nc(-c5cccc6ccccc56)cc(-c5cccc6ccccc56)n4)c4ccccc34)c2-c2c1ccc1ccccc21. The highest BCUT2D eigenvalue weighted by molar-refractivity contribution is 6.11. The van der Waals surface area contributed by atoms with Crippen molar-refractivity contribution in [3.63, 3.8) is 0 Å². The van der Waals surface area contributed by atoms with Crippen LogP contribution in [0.4, 0.5) is 0 Å². The van der Waals surface area contributed by atoms with Crippen molar-refractivity contribution in [3.8, 4) is 56.2 Å². The van der Waals surface area contributed by atoms with Gasteiger partial charge < -0.3 is 0 Å². The molecule has 0 N–H and O–H groups in total. The molecule has 0 spiro atoms. The summed E-state index contributed by atoms with van der Waals surface area (Å²) < 4.78 is 0. The third-order valence-corrected chi connectivity index (χ3v) is 11.9. The van der Waals surface area contributed by atoms with Gasteiger partial charge in [0.2, 0.25) is 0 Å². The van der Waals surface area contributed by atoms with E-state index in [2.05, 4.69) is 196 Å². The van der Waals surface area contributed by atoms with Crippen molar-refractivity contribution in [1.82, 2.24) is 9.97 Å².